The standard InChI is InChI=1S/C20H31N3O2/c1-6-22-11-13-23(14-12-22)19(25)15(2)21-18(24)16-7-9-17(10-8-16)20(3,4)5/h7-10,15H,6,11-14H2,1-5H3,(H,21,24). The first kappa shape index (κ1) is 19.4. The average molecular weight is 345 g/mol. The molecule has 1 aliphatic rings. The molecule has 1 aromatic carbocycles. The van der Waals surface area contributed by atoms with Crippen LogP contribution in [0.25, 0.3) is 0 Å². The second-order valence-corrected chi connectivity index (χ2v) is 7.78. The molecule has 25 heavy (non-hydrogen) atoms. The third-order valence-corrected chi connectivity index (χ3v) is 4.86. The SMILES string of the molecule is CCN1CCN(C(=O)C(C)NC(=O)c2ccc(C(C)(C)C)cc2)CC1. The van der Waals surface area contributed by atoms with E-state index >= 15 is 0 Å². The number of carbonyl (C=O) groups is 2. The Morgan fingerprint density at radius 1 is 1.08 bits per heavy atom. The summed E-state index contributed by atoms with van der Waals surface area (Å²) in [7, 11) is 0. The lowest BCUT2D eigenvalue weighted by atomic mass is 9.86. The molecule has 0 bridgehead atoms. The number of hydrogen-bond donors (Lipinski definition) is 1. The predicted molar refractivity (Wildman–Crippen MR) is 101 cm³/mol. The molecule has 0 spiro atoms. The van der Waals surface area contributed by atoms with E-state index in [1.54, 1.807) is 6.92 Å². The van der Waals surface area contributed by atoms with Crippen LogP contribution in [0.5, 0.6) is 0 Å². The van der Waals surface area contributed by atoms with Gasteiger partial charge in [0.15, 0.2) is 0 Å². The van der Waals surface area contributed by atoms with E-state index in [1.807, 2.05) is 29.2 Å². The Hall–Kier alpha value is -1.88. The molecule has 1 fully saturated rings. The average Bonchev–Trinajstić information content (AvgIpc) is 2.60. The Kier molecular flexibility index (Phi) is 6.22. The van der Waals surface area contributed by atoms with Crippen LogP contribution in [-0.2, 0) is 10.2 Å². The summed E-state index contributed by atoms with van der Waals surface area (Å²) in [5, 5.41) is 2.83. The van der Waals surface area contributed by atoms with Crippen molar-refractivity contribution in [2.24, 2.45) is 0 Å². The molecule has 1 atom stereocenters. The van der Waals surface area contributed by atoms with Crippen LogP contribution in [0, 0.1) is 0 Å². The van der Waals surface area contributed by atoms with Crippen molar-refractivity contribution in [2.75, 3.05) is 32.7 Å². The lowest BCUT2D eigenvalue weighted by molar-refractivity contribution is -0.134. The van der Waals surface area contributed by atoms with Crippen molar-refractivity contribution in [1.82, 2.24) is 15.1 Å². The van der Waals surface area contributed by atoms with Crippen molar-refractivity contribution in [2.45, 2.75) is 46.1 Å². The minimum Gasteiger partial charge on any atom is -0.341 e. The molecular weight excluding hydrogens is 314 g/mol. The van der Waals surface area contributed by atoms with Gasteiger partial charge >= 0.3 is 0 Å². The molecule has 0 saturated carbocycles. The summed E-state index contributed by atoms with van der Waals surface area (Å²) < 4.78 is 0. The molecule has 0 aliphatic carbocycles. The van der Waals surface area contributed by atoms with Crippen LogP contribution < -0.4 is 5.32 Å². The van der Waals surface area contributed by atoms with Gasteiger partial charge in [-0.25, -0.2) is 0 Å². The highest BCUT2D eigenvalue weighted by Crippen LogP contribution is 2.22. The lowest BCUT2D eigenvalue weighted by Crippen LogP contribution is -2.54. The summed E-state index contributed by atoms with van der Waals surface area (Å²) in [5.74, 6) is -0.205. The fraction of sp³-hybridized carbons (Fsp3) is 0.600. The number of nitrogens with zero attached hydrogens (tertiary/aromatic N) is 2. The van der Waals surface area contributed by atoms with Gasteiger partial charge in [0.05, 0.1) is 0 Å². The van der Waals surface area contributed by atoms with Gasteiger partial charge in [-0.15, -0.1) is 0 Å². The van der Waals surface area contributed by atoms with Crippen molar-refractivity contribution < 1.29 is 9.59 Å². The molecule has 1 heterocycles. The molecule has 1 aromatic rings. The Bertz CT molecular complexity index is 596. The third-order valence-electron chi connectivity index (χ3n) is 4.86. The first-order chi connectivity index (χ1) is 11.7. The highest BCUT2D eigenvalue weighted by molar-refractivity contribution is 5.97. The zero-order chi connectivity index (χ0) is 18.6. The van der Waals surface area contributed by atoms with E-state index in [0.717, 1.165) is 32.7 Å². The molecule has 1 N–H and O–H groups in total. The Morgan fingerprint density at radius 3 is 2.12 bits per heavy atom. The van der Waals surface area contributed by atoms with E-state index in [9.17, 15) is 9.59 Å². The number of amides is 2. The van der Waals surface area contributed by atoms with Crippen LogP contribution in [0.1, 0.15) is 50.5 Å². The third kappa shape index (κ3) is 5.05. The smallest absolute Gasteiger partial charge is 0.251 e. The fourth-order valence-electron chi connectivity index (χ4n) is 3.02. The van der Waals surface area contributed by atoms with E-state index < -0.39 is 6.04 Å². The highest BCUT2D eigenvalue weighted by atomic mass is 16.2. The van der Waals surface area contributed by atoms with Gasteiger partial charge in [0.25, 0.3) is 5.91 Å². The maximum atomic E-state index is 12.5. The first-order valence-electron chi connectivity index (χ1n) is 9.15. The number of rotatable bonds is 4. The molecule has 138 valence electrons. The molecule has 5 nitrogen and oxygen atoms in total. The number of likely N-dealkylation sites (N-methyl/N-ethyl adjacent to an activating group) is 1. The van der Waals surface area contributed by atoms with Gasteiger partial charge in [0.2, 0.25) is 5.91 Å². The van der Waals surface area contributed by atoms with Crippen molar-refractivity contribution in [3.05, 3.63) is 35.4 Å². The summed E-state index contributed by atoms with van der Waals surface area (Å²) in [4.78, 5) is 29.1. The van der Waals surface area contributed by atoms with Crippen molar-refractivity contribution in [1.29, 1.82) is 0 Å². The molecule has 1 saturated heterocycles. The van der Waals surface area contributed by atoms with Gasteiger partial charge in [0.1, 0.15) is 6.04 Å². The summed E-state index contributed by atoms with van der Waals surface area (Å²) in [6.07, 6.45) is 0. The van der Waals surface area contributed by atoms with Gasteiger partial charge in [-0.1, -0.05) is 39.8 Å². The number of piperazine rings is 1. The zero-order valence-corrected chi connectivity index (χ0v) is 16.1. The van der Waals surface area contributed by atoms with Crippen molar-refractivity contribution in [3.8, 4) is 0 Å². The molecule has 0 radical (unpaired) electrons. The number of hydrogen-bond acceptors (Lipinski definition) is 3. The van der Waals surface area contributed by atoms with Gasteiger partial charge in [-0.2, -0.15) is 0 Å². The first-order valence-corrected chi connectivity index (χ1v) is 9.15. The van der Waals surface area contributed by atoms with Crippen molar-refractivity contribution in [3.63, 3.8) is 0 Å². The van der Waals surface area contributed by atoms with Gasteiger partial charge in [-0.05, 0) is 36.6 Å². The largest absolute Gasteiger partial charge is 0.341 e. The number of nitrogens with one attached hydrogen (secondary N) is 1. The summed E-state index contributed by atoms with van der Waals surface area (Å²) >= 11 is 0. The van der Waals surface area contributed by atoms with Crippen LogP contribution in [0.4, 0.5) is 0 Å². The second-order valence-electron chi connectivity index (χ2n) is 7.78. The summed E-state index contributed by atoms with van der Waals surface area (Å²) in [5.41, 5.74) is 1.82. The van der Waals surface area contributed by atoms with E-state index in [1.165, 1.54) is 5.56 Å². The van der Waals surface area contributed by atoms with E-state index in [0.29, 0.717) is 5.56 Å². The quantitative estimate of drug-likeness (QED) is 0.911. The normalized spacial score (nSPS) is 17.2. The maximum absolute atomic E-state index is 12.5. The zero-order valence-electron chi connectivity index (χ0n) is 16.1. The topological polar surface area (TPSA) is 52.6 Å². The Morgan fingerprint density at radius 2 is 1.64 bits per heavy atom. The number of benzene rings is 1. The van der Waals surface area contributed by atoms with Gasteiger partial charge < -0.3 is 15.1 Å². The minimum absolute atomic E-state index is 0.00425. The lowest BCUT2D eigenvalue weighted by Gasteiger charge is -2.35. The Labute approximate surface area is 151 Å². The van der Waals surface area contributed by atoms with Crippen LogP contribution in [-0.4, -0.2) is 60.4 Å². The van der Waals surface area contributed by atoms with E-state index in [-0.39, 0.29) is 17.2 Å². The van der Waals surface area contributed by atoms with E-state index in [2.05, 4.69) is 37.9 Å². The van der Waals surface area contributed by atoms with Crippen LogP contribution in [0.3, 0.4) is 0 Å². The van der Waals surface area contributed by atoms with Crippen LogP contribution in [0.15, 0.2) is 24.3 Å². The fourth-order valence-corrected chi connectivity index (χ4v) is 3.02. The van der Waals surface area contributed by atoms with Crippen molar-refractivity contribution >= 4 is 11.8 Å². The molecule has 0 aromatic heterocycles. The molecule has 2 amide bonds. The molecular formula is C20H31N3O2. The molecule has 2 rings (SSSR count). The van der Waals surface area contributed by atoms with Crippen LogP contribution in [0.2, 0.25) is 0 Å². The predicted octanol–water partition coefficient (Wildman–Crippen LogP) is 2.27. The van der Waals surface area contributed by atoms with E-state index in [4.69, 9.17) is 0 Å². The van der Waals surface area contributed by atoms with Gasteiger partial charge in [-0.3, -0.25) is 9.59 Å². The van der Waals surface area contributed by atoms with Gasteiger partial charge in [0, 0.05) is 31.7 Å². The molecule has 5 heteroatoms. The minimum atomic E-state index is -0.511. The second kappa shape index (κ2) is 8.00. The van der Waals surface area contributed by atoms with Crippen LogP contribution >= 0.6 is 0 Å². The molecule has 1 aliphatic heterocycles. The number of carbonyl (C=O) groups excluding carboxylic acids is 2. The summed E-state index contributed by atoms with van der Waals surface area (Å²) in [6, 6.07) is 7.10. The molecule has 1 unspecified atom stereocenters. The summed E-state index contributed by atoms with van der Waals surface area (Å²) in [6.45, 7) is 14.6. The maximum Gasteiger partial charge on any atom is 0.251 e. The monoisotopic (exact) mass is 345 g/mol. The highest BCUT2D eigenvalue weighted by Gasteiger charge is 2.25. The Balaban J connectivity index is 1.92.